The Morgan fingerprint density at radius 3 is 2.32 bits per heavy atom. The quantitative estimate of drug-likeness (QED) is 0.370. The smallest absolute Gasteiger partial charge is 0.262 e. The van der Waals surface area contributed by atoms with Gasteiger partial charge in [-0.2, -0.15) is 0 Å². The highest BCUT2D eigenvalue weighted by atomic mass is 79.9. The van der Waals surface area contributed by atoms with Crippen molar-refractivity contribution >= 4 is 62.5 Å². The average Bonchev–Trinajstić information content (AvgIpc) is 3.01. The van der Waals surface area contributed by atoms with Crippen LogP contribution in [0.4, 0.5) is 5.69 Å². The summed E-state index contributed by atoms with van der Waals surface area (Å²) >= 11 is 15.9. The number of para-hydroxylation sites is 1. The molecule has 138 valence electrons. The van der Waals surface area contributed by atoms with Gasteiger partial charge in [0.1, 0.15) is 0 Å². The first-order valence-electron chi connectivity index (χ1n) is 8.57. The second kappa shape index (κ2) is 7.96. The summed E-state index contributed by atoms with van der Waals surface area (Å²) in [5, 5.41) is 1.06. The van der Waals surface area contributed by atoms with E-state index < -0.39 is 0 Å². The molecule has 3 aromatic rings. The highest BCUT2D eigenvalue weighted by molar-refractivity contribution is 9.10. The van der Waals surface area contributed by atoms with Crippen LogP contribution >= 0.6 is 39.1 Å². The van der Waals surface area contributed by atoms with Crippen LogP contribution in [0, 0.1) is 0 Å². The second-order valence-electron chi connectivity index (χ2n) is 6.25. The Bertz CT molecular complexity index is 1120. The number of benzene rings is 3. The molecule has 4 rings (SSSR count). The van der Waals surface area contributed by atoms with E-state index in [1.54, 1.807) is 23.1 Å². The maximum absolute atomic E-state index is 13.3. The van der Waals surface area contributed by atoms with Crippen LogP contribution in [0.5, 0.6) is 0 Å². The summed E-state index contributed by atoms with van der Waals surface area (Å²) in [4.78, 5) is 15.1. The molecule has 2 nitrogen and oxygen atoms in total. The average molecular weight is 471 g/mol. The Morgan fingerprint density at radius 2 is 1.61 bits per heavy atom. The predicted molar refractivity (Wildman–Crippen MR) is 120 cm³/mol. The molecule has 0 radical (unpaired) electrons. The van der Waals surface area contributed by atoms with Crippen molar-refractivity contribution in [2.24, 2.45) is 0 Å². The van der Waals surface area contributed by atoms with Crippen LogP contribution in [-0.2, 0) is 4.79 Å². The zero-order valence-corrected chi connectivity index (χ0v) is 17.7. The summed E-state index contributed by atoms with van der Waals surface area (Å²) < 4.78 is 0.843. The van der Waals surface area contributed by atoms with Gasteiger partial charge >= 0.3 is 0 Å². The van der Waals surface area contributed by atoms with Crippen LogP contribution in [0.1, 0.15) is 11.1 Å². The van der Waals surface area contributed by atoms with E-state index in [4.69, 9.17) is 23.2 Å². The van der Waals surface area contributed by atoms with E-state index in [2.05, 4.69) is 15.9 Å². The first kappa shape index (κ1) is 19.0. The van der Waals surface area contributed by atoms with Crippen molar-refractivity contribution in [1.82, 2.24) is 0 Å². The topological polar surface area (TPSA) is 20.3 Å². The molecule has 1 amide bonds. The second-order valence-corrected chi connectivity index (χ2v) is 7.95. The summed E-state index contributed by atoms with van der Waals surface area (Å²) in [6.07, 6.45) is 3.68. The number of amides is 1. The number of nitrogens with zero attached hydrogens (tertiary/aromatic N) is 1. The van der Waals surface area contributed by atoms with E-state index in [1.165, 1.54) is 0 Å². The molecule has 5 heteroatoms. The Hall–Kier alpha value is -2.33. The van der Waals surface area contributed by atoms with Crippen molar-refractivity contribution in [2.45, 2.75) is 0 Å². The highest BCUT2D eigenvalue weighted by Crippen LogP contribution is 2.39. The molecule has 0 aromatic heterocycles. The molecule has 0 aliphatic carbocycles. The molecular weight excluding hydrogens is 457 g/mol. The number of carbonyl (C=O) groups excluding carboxylic acids is 1. The Kier molecular flexibility index (Phi) is 5.40. The van der Waals surface area contributed by atoms with Gasteiger partial charge in [0.15, 0.2) is 0 Å². The van der Waals surface area contributed by atoms with Gasteiger partial charge in [-0.25, -0.2) is 0 Å². The lowest BCUT2D eigenvalue weighted by atomic mass is 10.1. The van der Waals surface area contributed by atoms with E-state index in [0.717, 1.165) is 27.0 Å². The third kappa shape index (κ3) is 3.66. The molecule has 0 unspecified atom stereocenters. The lowest BCUT2D eigenvalue weighted by Gasteiger charge is -2.22. The number of rotatable bonds is 3. The fourth-order valence-electron chi connectivity index (χ4n) is 3.10. The highest BCUT2D eigenvalue weighted by Gasteiger charge is 2.31. The van der Waals surface area contributed by atoms with E-state index >= 15 is 0 Å². The van der Waals surface area contributed by atoms with Gasteiger partial charge in [-0.15, -0.1) is 0 Å². The van der Waals surface area contributed by atoms with Gasteiger partial charge in [0.25, 0.3) is 5.91 Å². The van der Waals surface area contributed by atoms with Gasteiger partial charge in [-0.1, -0.05) is 71.7 Å². The van der Waals surface area contributed by atoms with E-state index in [9.17, 15) is 4.79 Å². The molecular formula is C23H14BrCl2NO. The molecule has 0 saturated heterocycles. The lowest BCUT2D eigenvalue weighted by Crippen LogP contribution is -2.25. The van der Waals surface area contributed by atoms with E-state index in [0.29, 0.717) is 15.6 Å². The van der Waals surface area contributed by atoms with Gasteiger partial charge in [-0.05, 0) is 63.5 Å². The number of hydrogen-bond donors (Lipinski definition) is 0. The van der Waals surface area contributed by atoms with Crippen molar-refractivity contribution in [3.05, 3.63) is 110 Å². The molecule has 0 N–H and O–H groups in total. The predicted octanol–water partition coefficient (Wildman–Crippen LogP) is 7.23. The lowest BCUT2D eigenvalue weighted by molar-refractivity contribution is -0.113. The first-order chi connectivity index (χ1) is 13.5. The number of hydrogen-bond acceptors (Lipinski definition) is 1. The van der Waals surface area contributed by atoms with Crippen LogP contribution in [0.3, 0.4) is 0 Å². The van der Waals surface area contributed by atoms with E-state index in [1.807, 2.05) is 66.7 Å². The van der Waals surface area contributed by atoms with Crippen molar-refractivity contribution < 1.29 is 4.79 Å². The van der Waals surface area contributed by atoms with Crippen LogP contribution in [-0.4, -0.2) is 5.91 Å². The van der Waals surface area contributed by atoms with Crippen LogP contribution in [0.2, 0.25) is 10.0 Å². The Labute approximate surface area is 181 Å². The molecule has 28 heavy (non-hydrogen) atoms. The fourth-order valence-corrected chi connectivity index (χ4v) is 4.02. The van der Waals surface area contributed by atoms with Gasteiger partial charge < -0.3 is 0 Å². The third-order valence-electron chi connectivity index (χ3n) is 4.42. The Balaban J connectivity index is 1.86. The normalized spacial score (nSPS) is 15.2. The fraction of sp³-hybridized carbons (Fsp3) is 0. The van der Waals surface area contributed by atoms with E-state index in [-0.39, 0.29) is 5.91 Å². The number of carbonyl (C=O) groups is 1. The first-order valence-corrected chi connectivity index (χ1v) is 10.1. The van der Waals surface area contributed by atoms with Gasteiger partial charge in [-0.3, -0.25) is 9.69 Å². The molecule has 0 saturated carbocycles. The maximum atomic E-state index is 13.3. The molecule has 0 spiro atoms. The van der Waals surface area contributed by atoms with Crippen LogP contribution in [0.25, 0.3) is 11.8 Å². The molecule has 1 heterocycles. The van der Waals surface area contributed by atoms with Crippen molar-refractivity contribution in [3.8, 4) is 0 Å². The Morgan fingerprint density at radius 1 is 0.893 bits per heavy atom. The van der Waals surface area contributed by atoms with Crippen LogP contribution in [0.15, 0.2) is 88.9 Å². The number of halogens is 3. The van der Waals surface area contributed by atoms with Crippen molar-refractivity contribution in [2.75, 3.05) is 4.90 Å². The molecule has 0 fully saturated rings. The summed E-state index contributed by atoms with van der Waals surface area (Å²) in [7, 11) is 0. The maximum Gasteiger partial charge on any atom is 0.262 e. The summed E-state index contributed by atoms with van der Waals surface area (Å²) in [6.45, 7) is 0. The molecule has 1 aliphatic heterocycles. The third-order valence-corrected chi connectivity index (χ3v) is 5.65. The zero-order valence-electron chi connectivity index (χ0n) is 14.6. The minimum Gasteiger partial charge on any atom is -0.275 e. The molecule has 3 aromatic carbocycles. The summed E-state index contributed by atoms with van der Waals surface area (Å²) in [5.74, 6) is -0.114. The zero-order chi connectivity index (χ0) is 19.7. The van der Waals surface area contributed by atoms with Gasteiger partial charge in [0.05, 0.1) is 11.4 Å². The van der Waals surface area contributed by atoms with Gasteiger partial charge in [0.2, 0.25) is 0 Å². The largest absolute Gasteiger partial charge is 0.275 e. The standard InChI is InChI=1S/C23H14BrCl2NO/c24-19-8-4-5-9-21(19)27-22(15-6-2-1-3-7-15)13-17(23(27)28)12-16-10-11-18(25)14-20(16)26/h1-14H/b17-12+. The van der Waals surface area contributed by atoms with Crippen molar-refractivity contribution in [3.63, 3.8) is 0 Å². The van der Waals surface area contributed by atoms with Gasteiger partial charge in [0, 0.05) is 20.1 Å². The van der Waals surface area contributed by atoms with Crippen molar-refractivity contribution in [1.29, 1.82) is 0 Å². The number of anilines is 1. The van der Waals surface area contributed by atoms with Crippen LogP contribution < -0.4 is 4.90 Å². The summed E-state index contributed by atoms with van der Waals surface area (Å²) in [6, 6.07) is 22.7. The summed E-state index contributed by atoms with van der Waals surface area (Å²) in [5.41, 5.74) is 3.85. The molecule has 0 bridgehead atoms. The molecule has 1 aliphatic rings. The SMILES string of the molecule is O=C1/C(=C/c2ccc(Cl)cc2Cl)C=C(c2ccccc2)N1c1ccccc1Br. The monoisotopic (exact) mass is 469 g/mol. The minimum absolute atomic E-state index is 0.114. The minimum atomic E-state index is -0.114. The molecule has 0 atom stereocenters.